The second kappa shape index (κ2) is 3.68. The molecule has 2 spiro atoms. The normalized spacial score (nSPS) is 36.7. The molecule has 0 aromatic rings. The van der Waals surface area contributed by atoms with Crippen LogP contribution in [-0.4, -0.2) is 55.6 Å². The van der Waals surface area contributed by atoms with Gasteiger partial charge in [-0.3, -0.25) is 9.69 Å². The van der Waals surface area contributed by atoms with Crippen LogP contribution in [0, 0.1) is 5.41 Å². The zero-order valence-electron chi connectivity index (χ0n) is 10.5. The van der Waals surface area contributed by atoms with Crippen LogP contribution in [-0.2, 0) is 19.0 Å². The lowest BCUT2D eigenvalue weighted by atomic mass is 10.0. The number of likely N-dealkylation sites (tertiary alicyclic amines) is 1. The van der Waals surface area contributed by atoms with E-state index in [9.17, 15) is 4.79 Å². The molecule has 1 atom stereocenters. The van der Waals surface area contributed by atoms with Gasteiger partial charge in [0.05, 0.1) is 25.2 Å². The molecule has 0 radical (unpaired) electrons. The van der Waals surface area contributed by atoms with Crippen LogP contribution < -0.4 is 0 Å². The monoisotopic (exact) mass is 253 g/mol. The van der Waals surface area contributed by atoms with E-state index in [0.717, 1.165) is 45.3 Å². The fraction of sp³-hybridized carbons (Fsp3) is 0.923. The molecular formula is C13H19NO4. The summed E-state index contributed by atoms with van der Waals surface area (Å²) in [5, 5.41) is 0. The maximum atomic E-state index is 11.7. The average Bonchev–Trinajstić information content (AvgIpc) is 2.71. The third-order valence-corrected chi connectivity index (χ3v) is 4.73. The van der Waals surface area contributed by atoms with Crippen LogP contribution in [0.25, 0.3) is 0 Å². The van der Waals surface area contributed by atoms with Crippen LogP contribution in [0.15, 0.2) is 0 Å². The molecule has 0 amide bonds. The first-order valence-corrected chi connectivity index (χ1v) is 6.91. The highest BCUT2D eigenvalue weighted by molar-refractivity contribution is 5.82. The number of carbonyl (C=O) groups is 1. The summed E-state index contributed by atoms with van der Waals surface area (Å²) in [5.74, 6) is -0.324. The summed E-state index contributed by atoms with van der Waals surface area (Å²) >= 11 is 0. The fourth-order valence-corrected chi connectivity index (χ4v) is 3.50. The Labute approximate surface area is 106 Å². The van der Waals surface area contributed by atoms with E-state index in [1.54, 1.807) is 0 Å². The van der Waals surface area contributed by atoms with Crippen LogP contribution in [0.3, 0.4) is 0 Å². The lowest BCUT2D eigenvalue weighted by molar-refractivity contribution is -0.149. The summed E-state index contributed by atoms with van der Waals surface area (Å²) in [7, 11) is 0. The third kappa shape index (κ3) is 1.68. The minimum atomic E-state index is -0.361. The molecule has 5 nitrogen and oxygen atoms in total. The Hall–Kier alpha value is -0.650. The topological polar surface area (TPSA) is 48.0 Å². The number of ether oxygens (including phenoxy) is 3. The van der Waals surface area contributed by atoms with E-state index in [1.165, 1.54) is 0 Å². The van der Waals surface area contributed by atoms with Gasteiger partial charge < -0.3 is 14.2 Å². The Morgan fingerprint density at radius 3 is 2.67 bits per heavy atom. The lowest BCUT2D eigenvalue weighted by Gasteiger charge is -2.23. The first-order chi connectivity index (χ1) is 8.70. The van der Waals surface area contributed by atoms with E-state index in [4.69, 9.17) is 14.2 Å². The average molecular weight is 253 g/mol. The van der Waals surface area contributed by atoms with Crippen molar-refractivity contribution < 1.29 is 19.0 Å². The van der Waals surface area contributed by atoms with Crippen LogP contribution in [0.1, 0.15) is 25.7 Å². The minimum absolute atomic E-state index is 0.0368. The molecule has 0 unspecified atom stereocenters. The Bertz CT molecular complexity index is 373. The van der Waals surface area contributed by atoms with Crippen molar-refractivity contribution in [3.05, 3.63) is 0 Å². The summed E-state index contributed by atoms with van der Waals surface area (Å²) in [6.07, 6.45) is 3.98. The summed E-state index contributed by atoms with van der Waals surface area (Å²) in [4.78, 5) is 14.0. The van der Waals surface area contributed by atoms with Gasteiger partial charge in [-0.1, -0.05) is 0 Å². The van der Waals surface area contributed by atoms with Gasteiger partial charge in [-0.2, -0.15) is 0 Å². The molecular weight excluding hydrogens is 234 g/mol. The van der Waals surface area contributed by atoms with Crippen molar-refractivity contribution in [3.63, 3.8) is 0 Å². The van der Waals surface area contributed by atoms with E-state index >= 15 is 0 Å². The maximum Gasteiger partial charge on any atom is 0.312 e. The molecule has 1 aliphatic carbocycles. The first kappa shape index (κ1) is 11.2. The van der Waals surface area contributed by atoms with E-state index in [2.05, 4.69) is 4.90 Å². The SMILES string of the molecule is O=C1O[C@@H](CN2CCC3(C2)OCCO3)CC12CC2. The highest BCUT2D eigenvalue weighted by atomic mass is 16.7. The third-order valence-electron chi connectivity index (χ3n) is 4.73. The van der Waals surface area contributed by atoms with Gasteiger partial charge in [0.2, 0.25) is 0 Å². The van der Waals surface area contributed by atoms with Gasteiger partial charge in [-0.15, -0.1) is 0 Å². The standard InChI is InChI=1S/C13H19NO4/c15-11-12(1-2-12)7-10(18-11)8-14-4-3-13(9-14)16-5-6-17-13/h10H,1-9H2/t10-/m1/s1. The molecule has 4 aliphatic rings. The molecule has 4 rings (SSSR count). The van der Waals surface area contributed by atoms with Gasteiger partial charge in [-0.25, -0.2) is 0 Å². The molecule has 0 aromatic carbocycles. The number of hydrogen-bond donors (Lipinski definition) is 0. The summed E-state index contributed by atoms with van der Waals surface area (Å²) in [5.41, 5.74) is -0.0809. The van der Waals surface area contributed by atoms with E-state index in [1.807, 2.05) is 0 Å². The van der Waals surface area contributed by atoms with Crippen LogP contribution >= 0.6 is 0 Å². The highest BCUT2D eigenvalue weighted by Crippen LogP contribution is 2.54. The summed E-state index contributed by atoms with van der Waals surface area (Å²) < 4.78 is 16.9. The Balaban J connectivity index is 1.35. The zero-order valence-corrected chi connectivity index (χ0v) is 10.5. The quantitative estimate of drug-likeness (QED) is 0.672. The first-order valence-electron chi connectivity index (χ1n) is 6.91. The van der Waals surface area contributed by atoms with E-state index in [-0.39, 0.29) is 23.3 Å². The number of cyclic esters (lactones) is 1. The maximum absolute atomic E-state index is 11.7. The Morgan fingerprint density at radius 1 is 1.22 bits per heavy atom. The van der Waals surface area contributed by atoms with Crippen molar-refractivity contribution in [3.8, 4) is 0 Å². The van der Waals surface area contributed by atoms with Crippen LogP contribution in [0.4, 0.5) is 0 Å². The molecule has 0 bridgehead atoms. The van der Waals surface area contributed by atoms with Crippen molar-refractivity contribution in [2.75, 3.05) is 32.8 Å². The van der Waals surface area contributed by atoms with Crippen molar-refractivity contribution in [2.45, 2.75) is 37.6 Å². The smallest absolute Gasteiger partial charge is 0.312 e. The van der Waals surface area contributed by atoms with E-state index in [0.29, 0.717) is 13.2 Å². The second-order valence-corrected chi connectivity index (χ2v) is 6.10. The Morgan fingerprint density at radius 2 is 2.00 bits per heavy atom. The fourth-order valence-electron chi connectivity index (χ4n) is 3.50. The minimum Gasteiger partial charge on any atom is -0.461 e. The lowest BCUT2D eigenvalue weighted by Crippen LogP contribution is -2.37. The van der Waals surface area contributed by atoms with Gasteiger partial charge in [0.15, 0.2) is 5.79 Å². The van der Waals surface area contributed by atoms with Gasteiger partial charge in [0, 0.05) is 25.9 Å². The predicted molar refractivity (Wildman–Crippen MR) is 61.9 cm³/mol. The highest BCUT2D eigenvalue weighted by Gasteiger charge is 2.58. The largest absolute Gasteiger partial charge is 0.461 e. The summed E-state index contributed by atoms with van der Waals surface area (Å²) in [6, 6.07) is 0. The zero-order chi connectivity index (χ0) is 12.2. The van der Waals surface area contributed by atoms with Crippen LogP contribution in [0.2, 0.25) is 0 Å². The van der Waals surface area contributed by atoms with Gasteiger partial charge in [-0.05, 0) is 12.8 Å². The number of hydrogen-bond acceptors (Lipinski definition) is 5. The molecule has 1 saturated carbocycles. The molecule has 18 heavy (non-hydrogen) atoms. The molecule has 3 heterocycles. The molecule has 3 saturated heterocycles. The molecule has 0 aromatic heterocycles. The molecule has 0 N–H and O–H groups in total. The Kier molecular flexibility index (Phi) is 2.29. The van der Waals surface area contributed by atoms with Crippen LogP contribution in [0.5, 0.6) is 0 Å². The molecule has 5 heteroatoms. The van der Waals surface area contributed by atoms with Gasteiger partial charge >= 0.3 is 5.97 Å². The van der Waals surface area contributed by atoms with Crippen molar-refractivity contribution in [2.24, 2.45) is 5.41 Å². The number of nitrogens with zero attached hydrogens (tertiary/aromatic N) is 1. The molecule has 3 aliphatic heterocycles. The number of carbonyl (C=O) groups excluding carboxylic acids is 1. The van der Waals surface area contributed by atoms with Crippen molar-refractivity contribution >= 4 is 5.97 Å². The van der Waals surface area contributed by atoms with Crippen molar-refractivity contribution in [1.82, 2.24) is 4.90 Å². The number of esters is 1. The molecule has 100 valence electrons. The van der Waals surface area contributed by atoms with Gasteiger partial charge in [0.1, 0.15) is 6.10 Å². The summed E-state index contributed by atoms with van der Waals surface area (Å²) in [6.45, 7) is 4.03. The van der Waals surface area contributed by atoms with E-state index < -0.39 is 0 Å². The van der Waals surface area contributed by atoms with Gasteiger partial charge in [0.25, 0.3) is 0 Å². The number of rotatable bonds is 2. The predicted octanol–water partition coefficient (Wildman–Crippen LogP) is 0.531. The van der Waals surface area contributed by atoms with Crippen molar-refractivity contribution in [1.29, 1.82) is 0 Å². The molecule has 4 fully saturated rings. The second-order valence-electron chi connectivity index (χ2n) is 6.10.